The Hall–Kier alpha value is -0.850. The number of hydrogen-bond donors (Lipinski definition) is 2. The van der Waals surface area contributed by atoms with Crippen molar-refractivity contribution in [2.45, 2.75) is 39.1 Å². The molecule has 0 heterocycles. The Labute approximate surface area is 119 Å². The van der Waals surface area contributed by atoms with E-state index in [9.17, 15) is 22.7 Å². The normalized spacial score (nSPS) is 16.1. The smallest absolute Gasteiger partial charge is 0.391 e. The molecule has 0 aliphatic rings. The van der Waals surface area contributed by atoms with Crippen molar-refractivity contribution in [1.82, 2.24) is 0 Å². The van der Waals surface area contributed by atoms with Crippen LogP contribution in [0.15, 0.2) is 12.1 Å². The van der Waals surface area contributed by atoms with Gasteiger partial charge in [0, 0.05) is 5.56 Å². The lowest BCUT2D eigenvalue weighted by molar-refractivity contribution is -0.139. The lowest BCUT2D eigenvalue weighted by atomic mass is 9.81. The van der Waals surface area contributed by atoms with Crippen LogP contribution in [0.2, 0.25) is 5.02 Å². The first-order valence-corrected chi connectivity index (χ1v) is 6.24. The zero-order valence-corrected chi connectivity index (χ0v) is 12.0. The zero-order chi connectivity index (χ0) is 15.9. The third kappa shape index (κ3) is 3.42. The molecule has 2 atom stereocenters. The predicted molar refractivity (Wildman–Crippen MR) is 68.8 cm³/mol. The second-order valence-electron chi connectivity index (χ2n) is 5.66. The van der Waals surface area contributed by atoms with Crippen LogP contribution < -0.4 is 5.73 Å². The van der Waals surface area contributed by atoms with Crippen molar-refractivity contribution in [2.24, 2.45) is 11.1 Å². The number of hydrogen-bond acceptors (Lipinski definition) is 2. The second-order valence-corrected chi connectivity index (χ2v) is 6.06. The number of rotatable bonds is 2. The van der Waals surface area contributed by atoms with Crippen LogP contribution in [0.3, 0.4) is 0 Å². The Bertz CT molecular complexity index is 496. The molecule has 2 nitrogen and oxygen atoms in total. The minimum absolute atomic E-state index is 0.468. The van der Waals surface area contributed by atoms with Gasteiger partial charge in [-0.25, -0.2) is 4.39 Å². The molecule has 1 rings (SSSR count). The summed E-state index contributed by atoms with van der Waals surface area (Å²) in [7, 11) is 0. The number of aliphatic hydroxyl groups is 1. The van der Waals surface area contributed by atoms with Gasteiger partial charge in [-0.15, -0.1) is 0 Å². The summed E-state index contributed by atoms with van der Waals surface area (Å²) in [6, 6.07) is -0.0552. The van der Waals surface area contributed by atoms with Gasteiger partial charge in [-0.1, -0.05) is 32.4 Å². The summed E-state index contributed by atoms with van der Waals surface area (Å²) in [4.78, 5) is 0. The lowest BCUT2D eigenvalue weighted by Crippen LogP contribution is -2.38. The number of aliphatic hydroxyl groups excluding tert-OH is 1. The highest BCUT2D eigenvalue weighted by Crippen LogP contribution is 2.40. The van der Waals surface area contributed by atoms with Crippen molar-refractivity contribution >= 4 is 11.6 Å². The predicted octanol–water partition coefficient (Wildman–Crippen LogP) is 3.90. The van der Waals surface area contributed by atoms with E-state index in [0.717, 1.165) is 6.07 Å². The fraction of sp³-hybridized carbons (Fsp3) is 0.538. The SMILES string of the molecule is CC(C)(C)[C@@H](O)[C@@H](N)c1c(C(F)(F)F)ccc(Cl)c1F. The molecule has 0 saturated carbocycles. The van der Waals surface area contributed by atoms with Gasteiger partial charge in [0.1, 0.15) is 5.82 Å². The molecule has 0 radical (unpaired) electrons. The van der Waals surface area contributed by atoms with E-state index in [2.05, 4.69) is 0 Å². The molecule has 0 aliphatic carbocycles. The van der Waals surface area contributed by atoms with Crippen molar-refractivity contribution in [3.8, 4) is 0 Å². The van der Waals surface area contributed by atoms with Crippen molar-refractivity contribution in [2.75, 3.05) is 0 Å². The van der Waals surface area contributed by atoms with Crippen LogP contribution in [0.1, 0.15) is 37.9 Å². The molecule has 0 aliphatic heterocycles. The molecular weight excluding hydrogens is 298 g/mol. The molecule has 0 saturated heterocycles. The molecule has 7 heteroatoms. The first-order chi connectivity index (χ1) is 8.87. The minimum Gasteiger partial charge on any atom is -0.391 e. The summed E-state index contributed by atoms with van der Waals surface area (Å²) in [6.07, 6.45) is -6.15. The Morgan fingerprint density at radius 3 is 2.10 bits per heavy atom. The van der Waals surface area contributed by atoms with Gasteiger partial charge in [0.15, 0.2) is 0 Å². The van der Waals surface area contributed by atoms with Crippen molar-refractivity contribution in [1.29, 1.82) is 0 Å². The Balaban J connectivity index is 3.46. The molecule has 0 spiro atoms. The number of nitrogens with two attached hydrogens (primary N) is 1. The Morgan fingerprint density at radius 2 is 1.70 bits per heavy atom. The van der Waals surface area contributed by atoms with Gasteiger partial charge in [-0.2, -0.15) is 13.2 Å². The van der Waals surface area contributed by atoms with E-state index in [0.29, 0.717) is 6.07 Å². The Morgan fingerprint density at radius 1 is 1.20 bits per heavy atom. The van der Waals surface area contributed by atoms with Gasteiger partial charge in [0.25, 0.3) is 0 Å². The Kier molecular flexibility index (Phi) is 4.73. The van der Waals surface area contributed by atoms with Gasteiger partial charge in [-0.3, -0.25) is 0 Å². The van der Waals surface area contributed by atoms with Gasteiger partial charge < -0.3 is 10.8 Å². The second kappa shape index (κ2) is 5.50. The number of halogens is 5. The molecular formula is C13H16ClF4NO. The molecule has 20 heavy (non-hydrogen) atoms. The van der Waals surface area contributed by atoms with Crippen LogP contribution in [0.5, 0.6) is 0 Å². The van der Waals surface area contributed by atoms with E-state index >= 15 is 0 Å². The van der Waals surface area contributed by atoms with E-state index in [4.69, 9.17) is 17.3 Å². The van der Waals surface area contributed by atoms with E-state index in [1.54, 1.807) is 20.8 Å². The van der Waals surface area contributed by atoms with Gasteiger partial charge in [-0.05, 0) is 17.5 Å². The van der Waals surface area contributed by atoms with E-state index in [1.807, 2.05) is 0 Å². The minimum atomic E-state index is -4.78. The molecule has 1 aromatic carbocycles. The number of benzene rings is 1. The monoisotopic (exact) mass is 313 g/mol. The molecule has 0 bridgehead atoms. The summed E-state index contributed by atoms with van der Waals surface area (Å²) >= 11 is 5.52. The number of alkyl halides is 3. The highest BCUT2D eigenvalue weighted by molar-refractivity contribution is 6.30. The summed E-state index contributed by atoms with van der Waals surface area (Å²) < 4.78 is 52.8. The van der Waals surface area contributed by atoms with Crippen molar-refractivity contribution in [3.63, 3.8) is 0 Å². The fourth-order valence-electron chi connectivity index (χ4n) is 1.84. The molecule has 0 unspecified atom stereocenters. The van der Waals surface area contributed by atoms with Crippen molar-refractivity contribution < 1.29 is 22.7 Å². The van der Waals surface area contributed by atoms with Crippen LogP contribution in [-0.4, -0.2) is 11.2 Å². The molecule has 114 valence electrons. The van der Waals surface area contributed by atoms with E-state index in [-0.39, 0.29) is 0 Å². The van der Waals surface area contributed by atoms with Crippen LogP contribution in [-0.2, 0) is 6.18 Å². The van der Waals surface area contributed by atoms with Crippen LogP contribution in [0.4, 0.5) is 17.6 Å². The third-order valence-electron chi connectivity index (χ3n) is 3.00. The molecule has 0 fully saturated rings. The quantitative estimate of drug-likeness (QED) is 0.813. The summed E-state index contributed by atoms with van der Waals surface area (Å²) in [5, 5.41) is 9.54. The van der Waals surface area contributed by atoms with Gasteiger partial charge >= 0.3 is 6.18 Å². The largest absolute Gasteiger partial charge is 0.416 e. The molecule has 1 aromatic rings. The average molecular weight is 314 g/mol. The summed E-state index contributed by atoms with van der Waals surface area (Å²) in [5.41, 5.74) is 2.80. The van der Waals surface area contributed by atoms with Gasteiger partial charge in [0.05, 0.1) is 22.7 Å². The van der Waals surface area contributed by atoms with Crippen LogP contribution in [0, 0.1) is 11.2 Å². The third-order valence-corrected chi connectivity index (χ3v) is 3.29. The first-order valence-electron chi connectivity index (χ1n) is 5.86. The lowest BCUT2D eigenvalue weighted by Gasteiger charge is -2.32. The highest BCUT2D eigenvalue weighted by atomic mass is 35.5. The fourth-order valence-corrected chi connectivity index (χ4v) is 2.00. The van der Waals surface area contributed by atoms with Gasteiger partial charge in [0.2, 0.25) is 0 Å². The van der Waals surface area contributed by atoms with Crippen LogP contribution >= 0.6 is 11.6 Å². The summed E-state index contributed by atoms with van der Waals surface area (Å²) in [6.45, 7) is 4.77. The first kappa shape index (κ1) is 17.2. The maximum absolute atomic E-state index is 14.0. The highest BCUT2D eigenvalue weighted by Gasteiger charge is 2.40. The maximum Gasteiger partial charge on any atom is 0.416 e. The average Bonchev–Trinajstić information content (AvgIpc) is 2.27. The molecule has 0 aromatic heterocycles. The van der Waals surface area contributed by atoms with E-state index in [1.165, 1.54) is 0 Å². The molecule has 3 N–H and O–H groups in total. The topological polar surface area (TPSA) is 46.2 Å². The molecule has 0 amide bonds. The zero-order valence-electron chi connectivity index (χ0n) is 11.2. The standard InChI is InChI=1S/C13H16ClF4NO/c1-12(2,3)11(20)10(19)8-6(13(16,17)18)4-5-7(14)9(8)15/h4-5,10-11,20H,19H2,1-3H3/t10-,11-/m0/s1. The van der Waals surface area contributed by atoms with E-state index < -0.39 is 45.7 Å². The van der Waals surface area contributed by atoms with Crippen LogP contribution in [0.25, 0.3) is 0 Å². The van der Waals surface area contributed by atoms with Crippen molar-refractivity contribution in [3.05, 3.63) is 34.1 Å². The summed E-state index contributed by atoms with van der Waals surface area (Å²) in [5.74, 6) is -1.25. The maximum atomic E-state index is 14.0.